The average molecular weight is 448 g/mol. The van der Waals surface area contributed by atoms with E-state index < -0.39 is 10.8 Å². The first-order valence-electron chi connectivity index (χ1n) is 8.91. The quantitative estimate of drug-likeness (QED) is 0.571. The van der Waals surface area contributed by atoms with Gasteiger partial charge >= 0.3 is 0 Å². The van der Waals surface area contributed by atoms with E-state index in [1.54, 1.807) is 0 Å². The second-order valence-corrected chi connectivity index (χ2v) is 7.49. The maximum atomic E-state index is 12.9. The van der Waals surface area contributed by atoms with Crippen molar-refractivity contribution >= 4 is 33.2 Å². The van der Waals surface area contributed by atoms with E-state index in [2.05, 4.69) is 26.1 Å². The van der Waals surface area contributed by atoms with Crippen LogP contribution in [0.1, 0.15) is 16.8 Å². The summed E-state index contributed by atoms with van der Waals surface area (Å²) in [7, 11) is 0. The Hall–Kier alpha value is -2.81. The summed E-state index contributed by atoms with van der Waals surface area (Å²) in [5.74, 6) is 0.0892. The second kappa shape index (κ2) is 7.67. The lowest BCUT2D eigenvalue weighted by molar-refractivity contribution is -0.385. The third-order valence-electron chi connectivity index (χ3n) is 4.80. The Balaban J connectivity index is 1.52. The van der Waals surface area contributed by atoms with Crippen LogP contribution < -0.4 is 19.7 Å². The molecule has 28 heavy (non-hydrogen) atoms. The number of para-hydroxylation sites is 1. The molecule has 0 aromatic heterocycles. The van der Waals surface area contributed by atoms with Gasteiger partial charge in [0, 0.05) is 29.7 Å². The van der Waals surface area contributed by atoms with E-state index >= 15 is 0 Å². The molecule has 2 aliphatic heterocycles. The summed E-state index contributed by atoms with van der Waals surface area (Å²) >= 11 is 3.55. The summed E-state index contributed by atoms with van der Waals surface area (Å²) in [6, 6.07) is 10.4. The number of hydrogen-bond acceptors (Lipinski definition) is 6. The highest BCUT2D eigenvalue weighted by molar-refractivity contribution is 9.10. The van der Waals surface area contributed by atoms with Crippen LogP contribution in [0.25, 0.3) is 0 Å². The smallest absolute Gasteiger partial charge is 0.274 e. The number of carbonyl (C=O) groups excluding carboxylic acids is 1. The molecule has 0 radical (unpaired) electrons. The van der Waals surface area contributed by atoms with E-state index in [4.69, 9.17) is 9.47 Å². The SMILES string of the molecule is O=C(NC1CCN(c2ccccc2Br)C1)c1cc([N+](=O)[O-])cc2c1OCCO2. The van der Waals surface area contributed by atoms with Gasteiger partial charge in [-0.1, -0.05) is 12.1 Å². The Morgan fingerprint density at radius 3 is 2.82 bits per heavy atom. The van der Waals surface area contributed by atoms with Crippen LogP contribution in [-0.2, 0) is 0 Å². The highest BCUT2D eigenvalue weighted by Crippen LogP contribution is 2.38. The molecule has 0 bridgehead atoms. The molecule has 1 amide bonds. The van der Waals surface area contributed by atoms with E-state index in [-0.39, 0.29) is 28.8 Å². The minimum atomic E-state index is -0.542. The first kappa shape index (κ1) is 18.5. The minimum Gasteiger partial charge on any atom is -0.486 e. The van der Waals surface area contributed by atoms with Crippen molar-refractivity contribution in [2.75, 3.05) is 31.2 Å². The van der Waals surface area contributed by atoms with E-state index in [1.165, 1.54) is 12.1 Å². The molecule has 0 aliphatic carbocycles. The molecule has 1 N–H and O–H groups in total. The predicted octanol–water partition coefficient (Wildman–Crippen LogP) is 3.14. The number of carbonyl (C=O) groups is 1. The Bertz CT molecular complexity index is 936. The standard InChI is InChI=1S/C19H18BrN3O5/c20-15-3-1-2-4-16(15)22-6-5-12(11-22)21-19(24)14-9-13(23(25)26)10-17-18(14)28-8-7-27-17/h1-4,9-10,12H,5-8,11H2,(H,21,24). The monoisotopic (exact) mass is 447 g/mol. The third-order valence-corrected chi connectivity index (χ3v) is 5.47. The normalized spacial score (nSPS) is 18.0. The number of nitro benzene ring substituents is 1. The van der Waals surface area contributed by atoms with Gasteiger partial charge in [0.05, 0.1) is 22.2 Å². The Morgan fingerprint density at radius 2 is 2.04 bits per heavy atom. The van der Waals surface area contributed by atoms with E-state index in [1.807, 2.05) is 24.3 Å². The number of non-ortho nitro benzene ring substituents is 1. The number of anilines is 1. The van der Waals surface area contributed by atoms with Crippen molar-refractivity contribution < 1.29 is 19.2 Å². The summed E-state index contributed by atoms with van der Waals surface area (Å²) in [4.78, 5) is 25.7. The first-order chi connectivity index (χ1) is 13.5. The van der Waals surface area contributed by atoms with Crippen molar-refractivity contribution in [3.63, 3.8) is 0 Å². The number of nitrogens with zero attached hydrogens (tertiary/aromatic N) is 2. The minimum absolute atomic E-state index is 0.0703. The van der Waals surface area contributed by atoms with Gasteiger partial charge in [0.1, 0.15) is 13.2 Å². The molecule has 2 aromatic carbocycles. The van der Waals surface area contributed by atoms with Crippen molar-refractivity contribution in [3.8, 4) is 11.5 Å². The van der Waals surface area contributed by atoms with Crippen molar-refractivity contribution in [3.05, 3.63) is 56.5 Å². The lowest BCUT2D eigenvalue weighted by Gasteiger charge is -2.22. The molecule has 1 unspecified atom stereocenters. The summed E-state index contributed by atoms with van der Waals surface area (Å²) < 4.78 is 12.0. The topological polar surface area (TPSA) is 93.9 Å². The third kappa shape index (κ3) is 3.62. The molecular formula is C19H18BrN3O5. The lowest BCUT2D eigenvalue weighted by atomic mass is 10.1. The Morgan fingerprint density at radius 1 is 1.25 bits per heavy atom. The first-order valence-corrected chi connectivity index (χ1v) is 9.70. The number of nitro groups is 1. The summed E-state index contributed by atoms with van der Waals surface area (Å²) in [5.41, 5.74) is 1.00. The van der Waals surface area contributed by atoms with Crippen LogP contribution in [0.4, 0.5) is 11.4 Å². The van der Waals surface area contributed by atoms with Gasteiger partial charge in [-0.3, -0.25) is 14.9 Å². The largest absolute Gasteiger partial charge is 0.486 e. The van der Waals surface area contributed by atoms with E-state index in [0.717, 1.165) is 23.1 Å². The van der Waals surface area contributed by atoms with Crippen molar-refractivity contribution in [1.82, 2.24) is 5.32 Å². The molecular weight excluding hydrogens is 430 g/mol. The molecule has 1 fully saturated rings. The fourth-order valence-electron chi connectivity index (χ4n) is 3.48. The van der Waals surface area contributed by atoms with Gasteiger partial charge in [-0.2, -0.15) is 0 Å². The van der Waals surface area contributed by atoms with Crippen molar-refractivity contribution in [2.45, 2.75) is 12.5 Å². The van der Waals surface area contributed by atoms with Crippen LogP contribution in [0.15, 0.2) is 40.9 Å². The predicted molar refractivity (Wildman–Crippen MR) is 106 cm³/mol. The number of fused-ring (bicyclic) bond motifs is 1. The fourth-order valence-corrected chi connectivity index (χ4v) is 4.02. The summed E-state index contributed by atoms with van der Waals surface area (Å²) in [6.45, 7) is 2.05. The van der Waals surface area contributed by atoms with Crippen molar-refractivity contribution in [2.24, 2.45) is 0 Å². The highest BCUT2D eigenvalue weighted by atomic mass is 79.9. The maximum absolute atomic E-state index is 12.9. The maximum Gasteiger partial charge on any atom is 0.274 e. The van der Waals surface area contributed by atoms with Crippen LogP contribution >= 0.6 is 15.9 Å². The molecule has 2 aliphatic rings. The van der Waals surface area contributed by atoms with Gasteiger partial charge in [-0.05, 0) is 34.5 Å². The van der Waals surface area contributed by atoms with Gasteiger partial charge in [-0.15, -0.1) is 0 Å². The molecule has 2 aromatic rings. The molecule has 9 heteroatoms. The Labute approximate surface area is 169 Å². The van der Waals surface area contributed by atoms with Gasteiger partial charge in [0.2, 0.25) is 0 Å². The van der Waals surface area contributed by atoms with E-state index in [0.29, 0.717) is 19.8 Å². The number of halogens is 1. The Kier molecular flexibility index (Phi) is 5.08. The zero-order valence-electron chi connectivity index (χ0n) is 14.9. The van der Waals surface area contributed by atoms with Gasteiger partial charge in [0.25, 0.3) is 11.6 Å². The molecule has 146 valence electrons. The second-order valence-electron chi connectivity index (χ2n) is 6.63. The summed E-state index contributed by atoms with van der Waals surface area (Å²) in [5, 5.41) is 14.2. The summed E-state index contributed by atoms with van der Waals surface area (Å²) in [6.07, 6.45) is 0.779. The van der Waals surface area contributed by atoms with Crippen LogP contribution in [0, 0.1) is 10.1 Å². The number of ether oxygens (including phenoxy) is 2. The lowest BCUT2D eigenvalue weighted by Crippen LogP contribution is -2.37. The molecule has 8 nitrogen and oxygen atoms in total. The van der Waals surface area contributed by atoms with Crippen LogP contribution in [0.2, 0.25) is 0 Å². The number of nitrogens with one attached hydrogen (secondary N) is 1. The van der Waals surface area contributed by atoms with Gasteiger partial charge in [-0.25, -0.2) is 0 Å². The fraction of sp³-hybridized carbons (Fsp3) is 0.316. The number of rotatable bonds is 4. The zero-order chi connectivity index (χ0) is 19.7. The average Bonchev–Trinajstić information content (AvgIpc) is 3.15. The number of hydrogen-bond donors (Lipinski definition) is 1. The molecule has 0 saturated carbocycles. The van der Waals surface area contributed by atoms with Gasteiger partial charge in [0.15, 0.2) is 11.5 Å². The van der Waals surface area contributed by atoms with Crippen LogP contribution in [0.3, 0.4) is 0 Å². The number of benzene rings is 2. The molecule has 1 saturated heterocycles. The van der Waals surface area contributed by atoms with Crippen LogP contribution in [0.5, 0.6) is 11.5 Å². The highest BCUT2D eigenvalue weighted by Gasteiger charge is 2.29. The molecule has 4 rings (SSSR count). The molecule has 0 spiro atoms. The zero-order valence-corrected chi connectivity index (χ0v) is 16.5. The van der Waals surface area contributed by atoms with E-state index in [9.17, 15) is 14.9 Å². The number of amides is 1. The molecule has 2 heterocycles. The van der Waals surface area contributed by atoms with Gasteiger partial charge < -0.3 is 19.7 Å². The van der Waals surface area contributed by atoms with Crippen LogP contribution in [-0.4, -0.2) is 43.2 Å². The van der Waals surface area contributed by atoms with Crippen molar-refractivity contribution in [1.29, 1.82) is 0 Å². The molecule has 1 atom stereocenters.